The van der Waals surface area contributed by atoms with Crippen molar-refractivity contribution in [2.45, 2.75) is 13.1 Å². The number of amides is 1. The van der Waals surface area contributed by atoms with Crippen molar-refractivity contribution in [3.63, 3.8) is 0 Å². The first-order valence-corrected chi connectivity index (χ1v) is 11.1. The van der Waals surface area contributed by atoms with Crippen molar-refractivity contribution in [2.75, 3.05) is 26.1 Å². The Balaban J connectivity index is 1.63. The SMILES string of the molecule is CCOc1nc(-c2cccc(C(F)(F)F)c2)n(-c2ccc(NC(=O)c3ccc(OC)cc3OC)cc2)n1. The predicted octanol–water partition coefficient (Wildman–Crippen LogP) is 5.62. The molecule has 1 heterocycles. The number of alkyl halides is 3. The molecule has 3 aromatic carbocycles. The van der Waals surface area contributed by atoms with E-state index in [4.69, 9.17) is 14.2 Å². The summed E-state index contributed by atoms with van der Waals surface area (Å²) in [5.74, 6) is 0.685. The van der Waals surface area contributed by atoms with E-state index < -0.39 is 17.6 Å². The minimum atomic E-state index is -4.50. The standard InChI is InChI=1S/C26H23F3N4O4/c1-4-37-25-31-23(16-6-5-7-17(14-16)26(27,28)29)33(32-25)19-10-8-18(9-11-19)30-24(34)21-13-12-20(35-2)15-22(21)36-3/h5-15H,4H2,1-3H3,(H,30,34). The molecule has 0 aliphatic heterocycles. The van der Waals surface area contributed by atoms with Crippen LogP contribution < -0.4 is 19.5 Å². The lowest BCUT2D eigenvalue weighted by Crippen LogP contribution is -2.13. The summed E-state index contributed by atoms with van der Waals surface area (Å²) in [4.78, 5) is 17.1. The van der Waals surface area contributed by atoms with Crippen molar-refractivity contribution in [2.24, 2.45) is 0 Å². The molecule has 0 spiro atoms. The monoisotopic (exact) mass is 512 g/mol. The Morgan fingerprint density at radius 3 is 2.41 bits per heavy atom. The molecule has 1 amide bonds. The van der Waals surface area contributed by atoms with Crippen molar-refractivity contribution in [3.05, 3.63) is 77.9 Å². The Hall–Kier alpha value is -4.54. The number of aromatic nitrogens is 3. The van der Waals surface area contributed by atoms with Crippen LogP contribution in [0.5, 0.6) is 17.5 Å². The number of nitrogens with zero attached hydrogens (tertiary/aromatic N) is 3. The Kier molecular flexibility index (Phi) is 7.32. The van der Waals surface area contributed by atoms with Crippen molar-refractivity contribution >= 4 is 11.6 Å². The minimum Gasteiger partial charge on any atom is -0.497 e. The van der Waals surface area contributed by atoms with Gasteiger partial charge in [-0.15, -0.1) is 5.10 Å². The second kappa shape index (κ2) is 10.6. The number of ether oxygens (including phenoxy) is 3. The normalized spacial score (nSPS) is 11.2. The number of benzene rings is 3. The van der Waals surface area contributed by atoms with Crippen molar-refractivity contribution in [1.29, 1.82) is 0 Å². The number of nitrogens with one attached hydrogen (secondary N) is 1. The first kappa shape index (κ1) is 25.5. The van der Waals surface area contributed by atoms with E-state index in [1.807, 2.05) is 0 Å². The van der Waals surface area contributed by atoms with Gasteiger partial charge in [0.05, 0.1) is 37.6 Å². The molecule has 0 saturated heterocycles. The van der Waals surface area contributed by atoms with E-state index in [-0.39, 0.29) is 24.0 Å². The van der Waals surface area contributed by atoms with Crippen molar-refractivity contribution < 1.29 is 32.2 Å². The maximum absolute atomic E-state index is 13.3. The summed E-state index contributed by atoms with van der Waals surface area (Å²) in [7, 11) is 2.97. The lowest BCUT2D eigenvalue weighted by Gasteiger charge is -2.12. The highest BCUT2D eigenvalue weighted by atomic mass is 19.4. The Labute approximate surface area is 210 Å². The molecule has 11 heteroatoms. The molecule has 4 rings (SSSR count). The van der Waals surface area contributed by atoms with Gasteiger partial charge in [-0.1, -0.05) is 12.1 Å². The molecular formula is C26H23F3N4O4. The molecule has 0 atom stereocenters. The van der Waals surface area contributed by atoms with Crippen LogP contribution in [-0.2, 0) is 6.18 Å². The van der Waals surface area contributed by atoms with E-state index in [2.05, 4.69) is 15.4 Å². The molecule has 0 aliphatic rings. The van der Waals surface area contributed by atoms with E-state index in [0.29, 0.717) is 28.4 Å². The predicted molar refractivity (Wildman–Crippen MR) is 130 cm³/mol. The van der Waals surface area contributed by atoms with Gasteiger partial charge in [0.1, 0.15) is 11.5 Å². The molecule has 0 saturated carbocycles. The number of methoxy groups -OCH3 is 2. The summed E-state index contributed by atoms with van der Waals surface area (Å²) in [6.07, 6.45) is -4.50. The van der Waals surface area contributed by atoms with Crippen LogP contribution in [0.3, 0.4) is 0 Å². The quantitative estimate of drug-likeness (QED) is 0.330. The average Bonchev–Trinajstić information content (AvgIpc) is 3.32. The molecule has 1 aromatic heterocycles. The topological polar surface area (TPSA) is 87.5 Å². The highest BCUT2D eigenvalue weighted by molar-refractivity contribution is 6.06. The molecular weight excluding hydrogens is 489 g/mol. The first-order valence-electron chi connectivity index (χ1n) is 11.1. The smallest absolute Gasteiger partial charge is 0.416 e. The second-order valence-corrected chi connectivity index (χ2v) is 7.71. The van der Waals surface area contributed by atoms with Gasteiger partial charge < -0.3 is 19.5 Å². The van der Waals surface area contributed by atoms with Crippen LogP contribution in [0.15, 0.2) is 66.7 Å². The van der Waals surface area contributed by atoms with Gasteiger partial charge in [-0.3, -0.25) is 4.79 Å². The molecule has 0 fully saturated rings. The molecule has 192 valence electrons. The molecule has 37 heavy (non-hydrogen) atoms. The fourth-order valence-corrected chi connectivity index (χ4v) is 3.56. The third-order valence-electron chi connectivity index (χ3n) is 5.33. The van der Waals surface area contributed by atoms with Gasteiger partial charge in [0.25, 0.3) is 5.91 Å². The first-order chi connectivity index (χ1) is 17.7. The highest BCUT2D eigenvalue weighted by Gasteiger charge is 2.31. The molecule has 0 radical (unpaired) electrons. The van der Waals surface area contributed by atoms with E-state index in [0.717, 1.165) is 12.1 Å². The average molecular weight is 512 g/mol. The lowest BCUT2D eigenvalue weighted by atomic mass is 10.1. The van der Waals surface area contributed by atoms with E-state index in [1.54, 1.807) is 49.4 Å². The van der Waals surface area contributed by atoms with Gasteiger partial charge in [-0.2, -0.15) is 18.2 Å². The molecule has 8 nitrogen and oxygen atoms in total. The zero-order valence-corrected chi connectivity index (χ0v) is 20.2. The third kappa shape index (κ3) is 5.66. The van der Waals surface area contributed by atoms with Gasteiger partial charge in [-0.05, 0) is 55.5 Å². The summed E-state index contributed by atoms with van der Waals surface area (Å²) in [5, 5.41) is 7.09. The second-order valence-electron chi connectivity index (χ2n) is 7.71. The summed E-state index contributed by atoms with van der Waals surface area (Å²) < 4.78 is 57.0. The Morgan fingerprint density at radius 1 is 1.00 bits per heavy atom. The van der Waals surface area contributed by atoms with Crippen LogP contribution >= 0.6 is 0 Å². The van der Waals surface area contributed by atoms with Crippen molar-refractivity contribution in [3.8, 4) is 34.6 Å². The summed E-state index contributed by atoms with van der Waals surface area (Å²) in [6.45, 7) is 2.03. The number of rotatable bonds is 8. The molecule has 0 unspecified atom stereocenters. The Bertz CT molecular complexity index is 1400. The van der Waals surface area contributed by atoms with Crippen LogP contribution in [0.4, 0.5) is 18.9 Å². The van der Waals surface area contributed by atoms with Crippen LogP contribution in [-0.4, -0.2) is 41.5 Å². The fraction of sp³-hybridized carbons (Fsp3) is 0.192. The van der Waals surface area contributed by atoms with Gasteiger partial charge >= 0.3 is 12.2 Å². The van der Waals surface area contributed by atoms with Gasteiger partial charge in [0.15, 0.2) is 5.82 Å². The molecule has 0 aliphatic carbocycles. The van der Waals surface area contributed by atoms with E-state index in [1.165, 1.54) is 31.0 Å². The maximum Gasteiger partial charge on any atom is 0.416 e. The summed E-state index contributed by atoms with van der Waals surface area (Å²) in [6, 6.07) is 16.3. The van der Waals surface area contributed by atoms with E-state index >= 15 is 0 Å². The minimum absolute atomic E-state index is 0.0268. The van der Waals surface area contributed by atoms with Crippen LogP contribution in [0, 0.1) is 0 Å². The van der Waals surface area contributed by atoms with Gasteiger partial charge in [-0.25, -0.2) is 4.68 Å². The number of hydrogen-bond donors (Lipinski definition) is 1. The summed E-state index contributed by atoms with van der Waals surface area (Å²) >= 11 is 0. The highest BCUT2D eigenvalue weighted by Crippen LogP contribution is 2.33. The lowest BCUT2D eigenvalue weighted by molar-refractivity contribution is -0.137. The number of anilines is 1. The molecule has 4 aromatic rings. The van der Waals surface area contributed by atoms with Gasteiger partial charge in [0.2, 0.25) is 0 Å². The largest absolute Gasteiger partial charge is 0.497 e. The maximum atomic E-state index is 13.3. The zero-order valence-electron chi connectivity index (χ0n) is 20.2. The van der Waals surface area contributed by atoms with Crippen LogP contribution in [0.25, 0.3) is 17.1 Å². The molecule has 0 bridgehead atoms. The number of carbonyl (C=O) groups is 1. The molecule has 1 N–H and O–H groups in total. The van der Waals surface area contributed by atoms with E-state index in [9.17, 15) is 18.0 Å². The third-order valence-corrected chi connectivity index (χ3v) is 5.33. The van der Waals surface area contributed by atoms with Gasteiger partial charge in [0, 0.05) is 17.3 Å². The number of carbonyl (C=O) groups excluding carboxylic acids is 1. The van der Waals surface area contributed by atoms with Crippen LogP contribution in [0.2, 0.25) is 0 Å². The fourth-order valence-electron chi connectivity index (χ4n) is 3.56. The zero-order chi connectivity index (χ0) is 26.6. The number of hydrogen-bond acceptors (Lipinski definition) is 6. The summed E-state index contributed by atoms with van der Waals surface area (Å²) in [5.41, 5.74) is 0.724. The Morgan fingerprint density at radius 2 is 1.76 bits per heavy atom. The van der Waals surface area contributed by atoms with Crippen LogP contribution in [0.1, 0.15) is 22.8 Å². The number of halogens is 3. The van der Waals surface area contributed by atoms with Crippen molar-refractivity contribution in [1.82, 2.24) is 14.8 Å².